The van der Waals surface area contributed by atoms with Gasteiger partial charge in [-0.3, -0.25) is 4.79 Å². The second-order valence-electron chi connectivity index (χ2n) is 4.82. The average molecular weight is 227 g/mol. The lowest BCUT2D eigenvalue weighted by atomic mass is 9.56. The molecule has 0 spiro atoms. The number of aliphatic hydroxyl groups is 1. The van der Waals surface area contributed by atoms with Crippen molar-refractivity contribution in [2.45, 2.75) is 38.9 Å². The van der Waals surface area contributed by atoms with Gasteiger partial charge in [-0.05, 0) is 13.0 Å². The van der Waals surface area contributed by atoms with E-state index < -0.39 is 5.60 Å². The van der Waals surface area contributed by atoms with E-state index in [-0.39, 0.29) is 24.0 Å². The molecule has 1 rings (SSSR count). The maximum absolute atomic E-state index is 11.0. The van der Waals surface area contributed by atoms with E-state index in [0.29, 0.717) is 13.0 Å². The summed E-state index contributed by atoms with van der Waals surface area (Å²) in [5, 5.41) is 13.0. The first-order valence-electron chi connectivity index (χ1n) is 5.61. The molecule has 0 radical (unpaired) electrons. The van der Waals surface area contributed by atoms with Gasteiger partial charge in [0.2, 0.25) is 5.91 Å². The van der Waals surface area contributed by atoms with E-state index in [2.05, 4.69) is 11.9 Å². The van der Waals surface area contributed by atoms with E-state index in [1.807, 2.05) is 20.8 Å². The van der Waals surface area contributed by atoms with Gasteiger partial charge < -0.3 is 15.2 Å². The number of amides is 1. The van der Waals surface area contributed by atoms with E-state index in [0.717, 1.165) is 0 Å². The summed E-state index contributed by atoms with van der Waals surface area (Å²) in [6, 6.07) is 0. The Morgan fingerprint density at radius 1 is 1.69 bits per heavy atom. The number of hydrogen-bond donors (Lipinski definition) is 2. The standard InChI is InChI=1S/C12H21NO3/c1-5-10(14)13-8-12(15)7-9(16-6-2)11(12,3)4/h5,9,15H,1,6-8H2,2-4H3,(H,13,14)/t9-,12-/m1/s1. The van der Waals surface area contributed by atoms with E-state index in [9.17, 15) is 9.90 Å². The molecule has 1 fully saturated rings. The van der Waals surface area contributed by atoms with Crippen LogP contribution in [0.5, 0.6) is 0 Å². The Labute approximate surface area is 96.7 Å². The highest BCUT2D eigenvalue weighted by Gasteiger charge is 2.59. The van der Waals surface area contributed by atoms with Crippen molar-refractivity contribution >= 4 is 5.91 Å². The van der Waals surface area contributed by atoms with Gasteiger partial charge in [0.05, 0.1) is 11.7 Å². The van der Waals surface area contributed by atoms with Crippen molar-refractivity contribution in [3.8, 4) is 0 Å². The summed E-state index contributed by atoms with van der Waals surface area (Å²) in [5.74, 6) is -0.260. The molecule has 1 saturated carbocycles. The molecule has 2 N–H and O–H groups in total. The van der Waals surface area contributed by atoms with Crippen LogP contribution in [0, 0.1) is 5.41 Å². The van der Waals surface area contributed by atoms with Gasteiger partial charge in [0.1, 0.15) is 0 Å². The third-order valence-corrected chi connectivity index (χ3v) is 3.64. The summed E-state index contributed by atoms with van der Waals surface area (Å²) in [7, 11) is 0. The first-order valence-corrected chi connectivity index (χ1v) is 5.61. The average Bonchev–Trinajstić information content (AvgIpc) is 2.25. The maximum Gasteiger partial charge on any atom is 0.243 e. The molecule has 0 aromatic rings. The first kappa shape index (κ1) is 13.2. The lowest BCUT2D eigenvalue weighted by Crippen LogP contribution is -2.68. The summed E-state index contributed by atoms with van der Waals surface area (Å²) in [4.78, 5) is 11.0. The Kier molecular flexibility index (Phi) is 3.76. The largest absolute Gasteiger partial charge is 0.387 e. The fourth-order valence-corrected chi connectivity index (χ4v) is 2.07. The predicted octanol–water partition coefficient (Wildman–Crippen LogP) is 0.855. The van der Waals surface area contributed by atoms with Gasteiger partial charge in [-0.2, -0.15) is 0 Å². The van der Waals surface area contributed by atoms with Gasteiger partial charge in [-0.15, -0.1) is 0 Å². The molecule has 0 unspecified atom stereocenters. The van der Waals surface area contributed by atoms with Crippen LogP contribution in [0.4, 0.5) is 0 Å². The molecule has 0 aliphatic heterocycles. The number of carbonyl (C=O) groups is 1. The van der Waals surface area contributed by atoms with Gasteiger partial charge in [-0.1, -0.05) is 20.4 Å². The van der Waals surface area contributed by atoms with Gasteiger partial charge in [0, 0.05) is 25.0 Å². The van der Waals surface area contributed by atoms with Gasteiger partial charge in [0.15, 0.2) is 0 Å². The van der Waals surface area contributed by atoms with Crippen molar-refractivity contribution in [3.05, 3.63) is 12.7 Å². The van der Waals surface area contributed by atoms with Crippen LogP contribution in [0.15, 0.2) is 12.7 Å². The second-order valence-corrected chi connectivity index (χ2v) is 4.82. The molecule has 2 atom stereocenters. The fourth-order valence-electron chi connectivity index (χ4n) is 2.07. The minimum absolute atomic E-state index is 0.0585. The molecule has 1 aliphatic rings. The van der Waals surface area contributed by atoms with Gasteiger partial charge in [-0.25, -0.2) is 0 Å². The molecule has 1 amide bonds. The van der Waals surface area contributed by atoms with Crippen molar-refractivity contribution in [1.29, 1.82) is 0 Å². The SMILES string of the molecule is C=CC(=O)NC[C@]1(O)C[C@@H](OCC)C1(C)C. The topological polar surface area (TPSA) is 58.6 Å². The fraction of sp³-hybridized carbons (Fsp3) is 0.750. The van der Waals surface area contributed by atoms with Crippen LogP contribution in [0.1, 0.15) is 27.2 Å². The van der Waals surface area contributed by atoms with Crippen LogP contribution in [0.2, 0.25) is 0 Å². The lowest BCUT2D eigenvalue weighted by molar-refractivity contribution is -0.238. The quantitative estimate of drug-likeness (QED) is 0.685. The molecule has 1 aliphatic carbocycles. The second kappa shape index (κ2) is 4.55. The zero-order chi connectivity index (χ0) is 12.4. The molecule has 0 bridgehead atoms. The van der Waals surface area contributed by atoms with E-state index in [1.54, 1.807) is 0 Å². The highest BCUT2D eigenvalue weighted by atomic mass is 16.5. The molecule has 4 nitrogen and oxygen atoms in total. The number of nitrogens with one attached hydrogen (secondary N) is 1. The molecule has 16 heavy (non-hydrogen) atoms. The molecular formula is C12H21NO3. The maximum atomic E-state index is 11.0. The van der Waals surface area contributed by atoms with E-state index >= 15 is 0 Å². The van der Waals surface area contributed by atoms with Crippen molar-refractivity contribution in [2.24, 2.45) is 5.41 Å². The minimum Gasteiger partial charge on any atom is -0.387 e. The third kappa shape index (κ3) is 2.13. The van der Waals surface area contributed by atoms with Gasteiger partial charge >= 0.3 is 0 Å². The molecule has 0 aromatic carbocycles. The Morgan fingerprint density at radius 2 is 2.31 bits per heavy atom. The Hall–Kier alpha value is -0.870. The zero-order valence-corrected chi connectivity index (χ0v) is 10.2. The highest BCUT2D eigenvalue weighted by molar-refractivity contribution is 5.86. The minimum atomic E-state index is -0.883. The van der Waals surface area contributed by atoms with Crippen LogP contribution in [0.3, 0.4) is 0 Å². The summed E-state index contributed by atoms with van der Waals surface area (Å²) < 4.78 is 5.53. The summed E-state index contributed by atoms with van der Waals surface area (Å²) in [6.45, 7) is 10.1. The van der Waals surface area contributed by atoms with E-state index in [4.69, 9.17) is 4.74 Å². The van der Waals surface area contributed by atoms with Crippen molar-refractivity contribution in [3.63, 3.8) is 0 Å². The molecule has 0 saturated heterocycles. The first-order chi connectivity index (χ1) is 7.37. The van der Waals surface area contributed by atoms with Crippen LogP contribution < -0.4 is 5.32 Å². The third-order valence-electron chi connectivity index (χ3n) is 3.64. The van der Waals surface area contributed by atoms with Crippen LogP contribution in [-0.2, 0) is 9.53 Å². The smallest absolute Gasteiger partial charge is 0.243 e. The summed E-state index contributed by atoms with van der Waals surface area (Å²) >= 11 is 0. The Bertz CT molecular complexity index is 288. The summed E-state index contributed by atoms with van der Waals surface area (Å²) in [5.41, 5.74) is -1.22. The van der Waals surface area contributed by atoms with Gasteiger partial charge in [0.25, 0.3) is 0 Å². The lowest BCUT2D eigenvalue weighted by Gasteiger charge is -2.57. The number of carbonyl (C=O) groups excluding carboxylic acids is 1. The molecular weight excluding hydrogens is 206 g/mol. The molecule has 0 aromatic heterocycles. The normalized spacial score (nSPS) is 31.6. The van der Waals surface area contributed by atoms with Crippen molar-refractivity contribution in [2.75, 3.05) is 13.2 Å². The molecule has 92 valence electrons. The zero-order valence-electron chi connectivity index (χ0n) is 10.2. The van der Waals surface area contributed by atoms with Crippen LogP contribution in [-0.4, -0.2) is 35.9 Å². The number of ether oxygens (including phenoxy) is 1. The monoisotopic (exact) mass is 227 g/mol. The number of rotatable bonds is 5. The molecule has 4 heteroatoms. The predicted molar refractivity (Wildman–Crippen MR) is 62.0 cm³/mol. The van der Waals surface area contributed by atoms with Crippen molar-refractivity contribution < 1.29 is 14.6 Å². The van der Waals surface area contributed by atoms with Crippen LogP contribution in [0.25, 0.3) is 0 Å². The summed E-state index contributed by atoms with van der Waals surface area (Å²) in [6.07, 6.45) is 1.82. The number of hydrogen-bond acceptors (Lipinski definition) is 3. The Morgan fingerprint density at radius 3 is 2.75 bits per heavy atom. The van der Waals surface area contributed by atoms with Crippen molar-refractivity contribution in [1.82, 2.24) is 5.32 Å². The molecule has 0 heterocycles. The van der Waals surface area contributed by atoms with Crippen LogP contribution >= 0.6 is 0 Å². The Balaban J connectivity index is 2.54. The highest BCUT2D eigenvalue weighted by Crippen LogP contribution is 2.50. The van der Waals surface area contributed by atoms with E-state index in [1.165, 1.54) is 6.08 Å².